The normalized spacial score (nSPS) is 11.4. The van der Waals surface area contributed by atoms with Crippen LogP contribution < -0.4 is 10.6 Å². The minimum absolute atomic E-state index is 0.214. The van der Waals surface area contributed by atoms with Gasteiger partial charge >= 0.3 is 0 Å². The van der Waals surface area contributed by atoms with E-state index < -0.39 is 4.92 Å². The molecule has 0 aromatic carbocycles. The average Bonchev–Trinajstić information content (AvgIpc) is 2.98. The summed E-state index contributed by atoms with van der Waals surface area (Å²) < 4.78 is 0. The highest BCUT2D eigenvalue weighted by Crippen LogP contribution is 2.23. The number of nitrogens with two attached hydrogens (primary N) is 1. The van der Waals surface area contributed by atoms with Gasteiger partial charge in [0.05, 0.1) is 17.0 Å². The van der Waals surface area contributed by atoms with Crippen molar-refractivity contribution in [1.29, 1.82) is 0 Å². The van der Waals surface area contributed by atoms with Gasteiger partial charge in [-0.2, -0.15) is 0 Å². The van der Waals surface area contributed by atoms with Crippen molar-refractivity contribution in [3.8, 4) is 0 Å². The number of hydrogen-bond donors (Lipinski definition) is 2. The van der Waals surface area contributed by atoms with Crippen LogP contribution in [-0.4, -0.2) is 28.0 Å². The van der Waals surface area contributed by atoms with Crippen LogP contribution in [0.3, 0.4) is 0 Å². The third-order valence-corrected chi connectivity index (χ3v) is 3.64. The summed E-state index contributed by atoms with van der Waals surface area (Å²) >= 11 is 1.59. The number of rotatable bonds is 5. The van der Waals surface area contributed by atoms with Crippen molar-refractivity contribution in [2.24, 2.45) is 10.9 Å². The zero-order valence-electron chi connectivity index (χ0n) is 11.1. The molecule has 0 saturated carbocycles. The first-order chi connectivity index (χ1) is 10.0. The summed E-state index contributed by atoms with van der Waals surface area (Å²) in [6.45, 7) is 0.564. The molecule has 2 aromatic heterocycles. The van der Waals surface area contributed by atoms with Gasteiger partial charge in [0.25, 0.3) is 5.69 Å². The number of amidine groups is 1. The van der Waals surface area contributed by atoms with Crippen molar-refractivity contribution >= 4 is 28.7 Å². The lowest BCUT2D eigenvalue weighted by Crippen LogP contribution is -2.23. The molecule has 2 aromatic rings. The lowest BCUT2D eigenvalue weighted by atomic mass is 10.2. The van der Waals surface area contributed by atoms with Gasteiger partial charge in [0.15, 0.2) is 5.84 Å². The summed E-state index contributed by atoms with van der Waals surface area (Å²) in [6.07, 6.45) is 1.15. The van der Waals surface area contributed by atoms with E-state index in [1.165, 1.54) is 6.07 Å². The summed E-state index contributed by atoms with van der Waals surface area (Å²) in [4.78, 5) is 17.2. The van der Waals surface area contributed by atoms with E-state index in [1.54, 1.807) is 23.3 Å². The van der Waals surface area contributed by atoms with Crippen molar-refractivity contribution in [2.45, 2.75) is 6.54 Å². The first-order valence-electron chi connectivity index (χ1n) is 5.88. The van der Waals surface area contributed by atoms with Gasteiger partial charge in [0.2, 0.25) is 0 Å². The first-order valence-corrected chi connectivity index (χ1v) is 6.76. The van der Waals surface area contributed by atoms with E-state index in [9.17, 15) is 10.1 Å². The predicted molar refractivity (Wildman–Crippen MR) is 79.8 cm³/mol. The van der Waals surface area contributed by atoms with E-state index in [0.29, 0.717) is 12.4 Å². The number of nitrogens with zero attached hydrogens (tertiary/aromatic N) is 4. The van der Waals surface area contributed by atoms with Crippen LogP contribution in [0, 0.1) is 10.1 Å². The molecule has 8 nitrogen and oxygen atoms in total. The number of oxime groups is 1. The van der Waals surface area contributed by atoms with Gasteiger partial charge in [-0.3, -0.25) is 10.1 Å². The fourth-order valence-electron chi connectivity index (χ4n) is 1.80. The Morgan fingerprint density at radius 1 is 1.67 bits per heavy atom. The molecule has 2 heterocycles. The van der Waals surface area contributed by atoms with Crippen LogP contribution in [-0.2, 0) is 6.54 Å². The van der Waals surface area contributed by atoms with Crippen LogP contribution in [0.5, 0.6) is 0 Å². The lowest BCUT2D eigenvalue weighted by Gasteiger charge is -2.19. The van der Waals surface area contributed by atoms with E-state index >= 15 is 0 Å². The number of aromatic nitrogens is 1. The number of pyridine rings is 1. The third kappa shape index (κ3) is 3.26. The molecule has 110 valence electrons. The fraction of sp³-hybridized carbons (Fsp3) is 0.167. The lowest BCUT2D eigenvalue weighted by molar-refractivity contribution is -0.385. The van der Waals surface area contributed by atoms with Gasteiger partial charge in [-0.1, -0.05) is 11.2 Å². The molecular weight excluding hydrogens is 294 g/mol. The van der Waals surface area contributed by atoms with E-state index in [0.717, 1.165) is 11.1 Å². The minimum atomic E-state index is -0.579. The molecule has 0 radical (unpaired) electrons. The van der Waals surface area contributed by atoms with Crippen molar-refractivity contribution in [3.05, 3.63) is 50.3 Å². The first kappa shape index (κ1) is 14.7. The average molecular weight is 307 g/mol. The second-order valence-electron chi connectivity index (χ2n) is 4.24. The highest BCUT2D eigenvalue weighted by molar-refractivity contribution is 7.09. The van der Waals surface area contributed by atoms with Crippen LogP contribution >= 0.6 is 11.3 Å². The van der Waals surface area contributed by atoms with Crippen molar-refractivity contribution < 1.29 is 10.1 Å². The molecule has 9 heteroatoms. The third-order valence-electron chi connectivity index (χ3n) is 2.78. The molecular formula is C12H13N5O3S. The largest absolute Gasteiger partial charge is 0.409 e. The Morgan fingerprint density at radius 2 is 2.43 bits per heavy atom. The zero-order chi connectivity index (χ0) is 15.4. The molecule has 0 aliphatic carbocycles. The molecule has 0 fully saturated rings. The van der Waals surface area contributed by atoms with Gasteiger partial charge in [-0.15, -0.1) is 11.3 Å². The minimum Gasteiger partial charge on any atom is -0.409 e. The Bertz CT molecular complexity index is 672. The quantitative estimate of drug-likeness (QED) is 0.286. The molecule has 0 spiro atoms. The molecule has 2 rings (SSSR count). The molecule has 0 aliphatic rings. The summed E-state index contributed by atoms with van der Waals surface area (Å²) in [7, 11) is 1.78. The molecule has 0 bridgehead atoms. The van der Waals surface area contributed by atoms with E-state index in [4.69, 9.17) is 10.9 Å². The molecule has 0 aliphatic heterocycles. The predicted octanol–water partition coefficient (Wildman–Crippen LogP) is 1.78. The number of thiophene rings is 1. The number of hydrogen-bond acceptors (Lipinski definition) is 7. The van der Waals surface area contributed by atoms with E-state index in [1.807, 2.05) is 17.5 Å². The van der Waals surface area contributed by atoms with Gasteiger partial charge in [-0.05, 0) is 11.4 Å². The highest BCUT2D eigenvalue weighted by atomic mass is 32.1. The van der Waals surface area contributed by atoms with Crippen LogP contribution in [0.1, 0.15) is 10.4 Å². The smallest absolute Gasteiger partial charge is 0.288 e. The van der Waals surface area contributed by atoms with Crippen molar-refractivity contribution in [3.63, 3.8) is 0 Å². The molecule has 21 heavy (non-hydrogen) atoms. The van der Waals surface area contributed by atoms with Crippen molar-refractivity contribution in [2.75, 3.05) is 11.9 Å². The maximum atomic E-state index is 10.8. The van der Waals surface area contributed by atoms with Crippen LogP contribution in [0.4, 0.5) is 11.5 Å². The Balaban J connectivity index is 2.39. The van der Waals surface area contributed by atoms with Crippen LogP contribution in [0.25, 0.3) is 0 Å². The SMILES string of the molecule is CN(Cc1cccs1)c1ncc([N+](=O)[O-])cc1C(N)=NO. The van der Waals surface area contributed by atoms with E-state index in [2.05, 4.69) is 10.1 Å². The summed E-state index contributed by atoms with van der Waals surface area (Å²) in [6, 6.07) is 5.14. The second kappa shape index (κ2) is 6.18. The molecule has 0 saturated heterocycles. The number of nitro groups is 1. The Morgan fingerprint density at radius 3 is 3.00 bits per heavy atom. The van der Waals surface area contributed by atoms with Crippen LogP contribution in [0.15, 0.2) is 34.9 Å². The maximum absolute atomic E-state index is 10.8. The van der Waals surface area contributed by atoms with Gasteiger partial charge in [0.1, 0.15) is 12.0 Å². The fourth-order valence-corrected chi connectivity index (χ4v) is 2.56. The van der Waals surface area contributed by atoms with E-state index in [-0.39, 0.29) is 17.1 Å². The van der Waals surface area contributed by atoms with Gasteiger partial charge in [-0.25, -0.2) is 4.98 Å². The Labute approximate surface area is 124 Å². The monoisotopic (exact) mass is 307 g/mol. The standard InChI is InChI=1S/C12H13N5O3S/c1-16(7-9-3-2-4-21-9)12-10(11(13)15-18)5-8(6-14-12)17(19)20/h2-6,18H,7H2,1H3,(H2,13,15). The molecule has 0 unspecified atom stereocenters. The summed E-state index contributed by atoms with van der Waals surface area (Å²) in [5.41, 5.74) is 5.58. The molecule has 3 N–H and O–H groups in total. The Kier molecular flexibility index (Phi) is 4.33. The van der Waals surface area contributed by atoms with Gasteiger partial charge < -0.3 is 15.8 Å². The second-order valence-corrected chi connectivity index (χ2v) is 5.27. The van der Waals surface area contributed by atoms with Crippen LogP contribution in [0.2, 0.25) is 0 Å². The molecule has 0 amide bonds. The van der Waals surface area contributed by atoms with Gasteiger partial charge in [0, 0.05) is 18.0 Å². The summed E-state index contributed by atoms with van der Waals surface area (Å²) in [5.74, 6) is 0.184. The highest BCUT2D eigenvalue weighted by Gasteiger charge is 2.18. The number of anilines is 1. The Hall–Kier alpha value is -2.68. The topological polar surface area (TPSA) is 118 Å². The summed E-state index contributed by atoms with van der Waals surface area (Å²) in [5, 5.41) is 24.5. The molecule has 0 atom stereocenters. The zero-order valence-corrected chi connectivity index (χ0v) is 11.9. The van der Waals surface area contributed by atoms with Crippen molar-refractivity contribution in [1.82, 2.24) is 4.98 Å². The maximum Gasteiger partial charge on any atom is 0.288 e.